The average molecular weight is 430 g/mol. The lowest BCUT2D eigenvalue weighted by atomic mass is 10.2. The van der Waals surface area contributed by atoms with Crippen LogP contribution < -0.4 is 4.74 Å². The number of allylic oxidation sites excluding steroid dienone is 2. The molecule has 9 heteroatoms. The highest BCUT2D eigenvalue weighted by molar-refractivity contribution is 9.10. The predicted octanol–water partition coefficient (Wildman–Crippen LogP) is 5.72. The van der Waals surface area contributed by atoms with Crippen LogP contribution in [0.25, 0.3) is 10.9 Å². The van der Waals surface area contributed by atoms with E-state index in [1.54, 1.807) is 7.11 Å². The lowest BCUT2D eigenvalue weighted by molar-refractivity contribution is -0.259. The van der Waals surface area contributed by atoms with Gasteiger partial charge in [-0.15, -0.1) is 0 Å². The van der Waals surface area contributed by atoms with Gasteiger partial charge in [-0.25, -0.2) is 0 Å². The summed E-state index contributed by atoms with van der Waals surface area (Å²) >= 11 is 3.59. The largest absolute Gasteiger partial charge is 0.497 e. The molecule has 0 saturated carbocycles. The van der Waals surface area contributed by atoms with Gasteiger partial charge in [0.1, 0.15) is 5.75 Å². The fraction of sp³-hybridized carbons (Fsp3) is 0.375. The molecule has 0 atom stereocenters. The van der Waals surface area contributed by atoms with Gasteiger partial charge in [-0.05, 0) is 53.2 Å². The summed E-state index contributed by atoms with van der Waals surface area (Å²) in [7, 11) is 3.75. The molecule has 1 aliphatic rings. The van der Waals surface area contributed by atoms with Crippen molar-refractivity contribution in [3.63, 3.8) is 0 Å². The second-order valence-corrected chi connectivity index (χ2v) is 6.29. The summed E-state index contributed by atoms with van der Waals surface area (Å²) in [5.41, 5.74) is 2.45. The molecule has 138 valence electrons. The molecule has 0 unspecified atom stereocenters. The molecule has 0 fully saturated rings. The van der Waals surface area contributed by atoms with Crippen LogP contribution in [0.4, 0.5) is 26.3 Å². The van der Waals surface area contributed by atoms with Crippen molar-refractivity contribution >= 4 is 26.8 Å². The molecule has 25 heavy (non-hydrogen) atoms. The summed E-state index contributed by atoms with van der Waals surface area (Å²) in [4.78, 5) is 0. The normalized spacial score (nSPS) is 19.6. The summed E-state index contributed by atoms with van der Waals surface area (Å²) in [5, 5.41) is 1.20. The quantitative estimate of drug-likeness (QED) is 0.417. The third-order valence-electron chi connectivity index (χ3n) is 3.96. The van der Waals surface area contributed by atoms with Gasteiger partial charge in [-0.1, -0.05) is 0 Å². The van der Waals surface area contributed by atoms with Crippen molar-refractivity contribution in [1.82, 2.24) is 4.57 Å². The smallest absolute Gasteiger partial charge is 0.379 e. The summed E-state index contributed by atoms with van der Waals surface area (Å²) in [6.07, 6.45) is -0.958. The highest BCUT2D eigenvalue weighted by Gasteiger charge is 2.73. The molecule has 1 heterocycles. The molecule has 1 aliphatic carbocycles. The maximum Gasteiger partial charge on any atom is 0.379 e. The lowest BCUT2D eigenvalue weighted by Crippen LogP contribution is -2.47. The van der Waals surface area contributed by atoms with Crippen molar-refractivity contribution in [1.29, 1.82) is 0 Å². The van der Waals surface area contributed by atoms with Gasteiger partial charge >= 0.3 is 17.8 Å². The molecule has 0 spiro atoms. The van der Waals surface area contributed by atoms with Crippen LogP contribution in [0.2, 0.25) is 0 Å². The van der Waals surface area contributed by atoms with Crippen molar-refractivity contribution in [3.8, 4) is 5.75 Å². The van der Waals surface area contributed by atoms with Crippen molar-refractivity contribution < 1.29 is 31.1 Å². The molecule has 3 rings (SSSR count). The van der Waals surface area contributed by atoms with Crippen LogP contribution in [0.1, 0.15) is 5.69 Å². The Kier molecular flexibility index (Phi) is 4.93. The molecule has 1 aromatic heterocycles. The fourth-order valence-corrected chi connectivity index (χ4v) is 2.86. The Morgan fingerprint density at radius 1 is 1.00 bits per heavy atom. The molecular weight excluding hydrogens is 416 g/mol. The van der Waals surface area contributed by atoms with E-state index < -0.39 is 29.9 Å². The van der Waals surface area contributed by atoms with E-state index in [0.717, 1.165) is 10.2 Å². The molecule has 0 radical (unpaired) electrons. The summed E-state index contributed by atoms with van der Waals surface area (Å²) in [5.74, 6) is -13.9. The first-order valence-corrected chi connectivity index (χ1v) is 7.77. The number of hydrogen-bond acceptors (Lipinski definition) is 1. The molecular formula is C16H14BrF6NO. The number of methoxy groups -OCH3 is 1. The van der Waals surface area contributed by atoms with Crippen LogP contribution in [0.5, 0.6) is 5.75 Å². The number of benzene rings is 1. The minimum atomic E-state index is -5.29. The second kappa shape index (κ2) is 6.26. The van der Waals surface area contributed by atoms with Gasteiger partial charge in [0, 0.05) is 28.1 Å². The highest BCUT2D eigenvalue weighted by atomic mass is 79.9. The minimum Gasteiger partial charge on any atom is -0.497 e. The molecule has 0 amide bonds. The fourth-order valence-electron chi connectivity index (χ4n) is 2.27. The first kappa shape index (κ1) is 19.7. The van der Waals surface area contributed by atoms with Crippen LogP contribution in [-0.4, -0.2) is 29.4 Å². The van der Waals surface area contributed by atoms with E-state index in [1.807, 2.05) is 12.1 Å². The van der Waals surface area contributed by atoms with Gasteiger partial charge in [0.25, 0.3) is 0 Å². The van der Waals surface area contributed by atoms with E-state index in [4.69, 9.17) is 4.74 Å². The molecule has 0 N–H and O–H groups in total. The Morgan fingerprint density at radius 3 is 1.92 bits per heavy atom. The molecule has 0 aliphatic heterocycles. The first-order valence-electron chi connectivity index (χ1n) is 6.98. The Bertz CT molecular complexity index is 808. The monoisotopic (exact) mass is 429 g/mol. The number of nitrogens with zero attached hydrogens (tertiary/aromatic N) is 1. The van der Waals surface area contributed by atoms with Crippen LogP contribution in [0, 0.1) is 6.92 Å². The zero-order valence-electron chi connectivity index (χ0n) is 13.4. The average Bonchev–Trinajstić information content (AvgIpc) is 2.85. The number of aryl methyl sites for hydroxylation is 1. The Morgan fingerprint density at radius 2 is 1.52 bits per heavy atom. The number of ether oxygens (including phenoxy) is 1. The van der Waals surface area contributed by atoms with Crippen LogP contribution >= 0.6 is 15.9 Å². The molecule has 2 aromatic rings. The SMILES string of the molecule is COc1ccc2c(c1)c(Br)c(C)n2C.FC1(F)C=CC(F)(F)C1(F)F. The standard InChI is InChI=1S/C11H12BrNO.C5H2F6/c1-7-11(12)9-6-8(14-3)4-5-10(9)13(7)2;6-3(7)1-2-4(8,9)5(3,10)11/h4-6H,1-3H3;1-2H. The summed E-state index contributed by atoms with van der Waals surface area (Å²) < 4.78 is 80.0. The minimum absolute atomic E-state index is 0.479. The maximum atomic E-state index is 11.9. The molecule has 2 nitrogen and oxygen atoms in total. The maximum absolute atomic E-state index is 11.9. The summed E-state index contributed by atoms with van der Waals surface area (Å²) in [6.45, 7) is 2.09. The van der Waals surface area contributed by atoms with E-state index in [-0.39, 0.29) is 0 Å². The first-order chi connectivity index (χ1) is 11.4. The van der Waals surface area contributed by atoms with Crippen molar-refractivity contribution in [2.75, 3.05) is 7.11 Å². The zero-order valence-corrected chi connectivity index (χ0v) is 15.0. The van der Waals surface area contributed by atoms with Crippen molar-refractivity contribution in [3.05, 3.63) is 40.5 Å². The van der Waals surface area contributed by atoms with Crippen LogP contribution in [-0.2, 0) is 7.05 Å². The van der Waals surface area contributed by atoms with E-state index in [9.17, 15) is 26.3 Å². The Hall–Kier alpha value is -1.64. The topological polar surface area (TPSA) is 14.2 Å². The number of fused-ring (bicyclic) bond motifs is 1. The van der Waals surface area contributed by atoms with Crippen molar-refractivity contribution in [2.24, 2.45) is 7.05 Å². The molecule has 0 saturated heterocycles. The van der Waals surface area contributed by atoms with Gasteiger partial charge in [-0.3, -0.25) is 0 Å². The number of rotatable bonds is 1. The molecule has 0 bridgehead atoms. The van der Waals surface area contributed by atoms with Gasteiger partial charge in [0.15, 0.2) is 0 Å². The van der Waals surface area contributed by atoms with Gasteiger partial charge in [0.05, 0.1) is 7.11 Å². The summed E-state index contributed by atoms with van der Waals surface area (Å²) in [6, 6.07) is 6.10. The third-order valence-corrected chi connectivity index (χ3v) is 4.96. The second-order valence-electron chi connectivity index (χ2n) is 5.50. The lowest BCUT2D eigenvalue weighted by Gasteiger charge is -2.22. The third kappa shape index (κ3) is 3.14. The van der Waals surface area contributed by atoms with E-state index in [2.05, 4.69) is 40.5 Å². The number of hydrogen-bond donors (Lipinski definition) is 0. The van der Waals surface area contributed by atoms with Crippen molar-refractivity contribution in [2.45, 2.75) is 24.7 Å². The van der Waals surface area contributed by atoms with Gasteiger partial charge < -0.3 is 9.30 Å². The van der Waals surface area contributed by atoms with E-state index in [1.165, 1.54) is 16.6 Å². The van der Waals surface area contributed by atoms with E-state index >= 15 is 0 Å². The van der Waals surface area contributed by atoms with Gasteiger partial charge in [-0.2, -0.15) is 26.3 Å². The van der Waals surface area contributed by atoms with Crippen LogP contribution in [0.3, 0.4) is 0 Å². The van der Waals surface area contributed by atoms with Crippen LogP contribution in [0.15, 0.2) is 34.8 Å². The van der Waals surface area contributed by atoms with Gasteiger partial charge in [0.2, 0.25) is 0 Å². The number of aromatic nitrogens is 1. The molecule has 1 aromatic carbocycles. The van der Waals surface area contributed by atoms with E-state index in [0.29, 0.717) is 0 Å². The number of halogens is 7. The Labute approximate surface area is 148 Å². The highest BCUT2D eigenvalue weighted by Crippen LogP contribution is 2.51. The zero-order chi connectivity index (χ0) is 19.2. The number of alkyl halides is 6. The predicted molar refractivity (Wildman–Crippen MR) is 85.9 cm³/mol. The Balaban J connectivity index is 0.000000186.